The third-order valence-corrected chi connectivity index (χ3v) is 3.29. The third-order valence-electron chi connectivity index (χ3n) is 3.29. The smallest absolute Gasteiger partial charge is 0.134 e. The molecule has 0 aromatic carbocycles. The van der Waals surface area contributed by atoms with E-state index in [4.69, 9.17) is 5.73 Å². The molecule has 17 heavy (non-hydrogen) atoms. The van der Waals surface area contributed by atoms with Crippen LogP contribution in [-0.2, 0) is 0 Å². The largest absolute Gasteiger partial charge is 0.363 e. The Bertz CT molecular complexity index is 366. The van der Waals surface area contributed by atoms with E-state index < -0.39 is 0 Å². The number of rotatable bonds is 3. The maximum atomic E-state index is 5.83. The fourth-order valence-electron chi connectivity index (χ4n) is 2.29. The third kappa shape index (κ3) is 2.66. The van der Waals surface area contributed by atoms with Crippen LogP contribution in [0, 0.1) is 0 Å². The number of nitrogens with zero attached hydrogens (tertiary/aromatic N) is 4. The molecule has 0 spiro atoms. The summed E-state index contributed by atoms with van der Waals surface area (Å²) in [5.74, 6) is 1.94. The van der Waals surface area contributed by atoms with E-state index in [0.29, 0.717) is 12.6 Å². The van der Waals surface area contributed by atoms with Gasteiger partial charge in [-0.15, -0.1) is 0 Å². The molecule has 0 bridgehead atoms. The molecule has 2 N–H and O–H groups in total. The summed E-state index contributed by atoms with van der Waals surface area (Å²) in [7, 11) is 3.98. The second kappa shape index (κ2) is 5.31. The summed E-state index contributed by atoms with van der Waals surface area (Å²) in [5, 5.41) is 0. The first-order chi connectivity index (χ1) is 8.22. The zero-order chi connectivity index (χ0) is 12.3. The highest BCUT2D eigenvalue weighted by Crippen LogP contribution is 2.24. The lowest BCUT2D eigenvalue weighted by molar-refractivity contribution is 0.462. The van der Waals surface area contributed by atoms with Crippen LogP contribution in [0.2, 0.25) is 0 Å². The maximum Gasteiger partial charge on any atom is 0.134 e. The number of hydrogen-bond acceptors (Lipinski definition) is 5. The Kier molecular flexibility index (Phi) is 3.78. The molecule has 5 nitrogen and oxygen atoms in total. The Balaban J connectivity index is 2.22. The van der Waals surface area contributed by atoms with E-state index >= 15 is 0 Å². The van der Waals surface area contributed by atoms with Crippen molar-refractivity contribution in [2.24, 2.45) is 5.73 Å². The molecule has 1 aliphatic heterocycles. The van der Waals surface area contributed by atoms with Gasteiger partial charge in [0, 0.05) is 39.3 Å². The van der Waals surface area contributed by atoms with Crippen LogP contribution < -0.4 is 15.5 Å². The van der Waals surface area contributed by atoms with Crippen LogP contribution in [0.15, 0.2) is 12.4 Å². The molecule has 1 saturated heterocycles. The molecule has 0 amide bonds. The summed E-state index contributed by atoms with van der Waals surface area (Å²) in [6.07, 6.45) is 5.28. The number of piperidine rings is 1. The van der Waals surface area contributed by atoms with E-state index in [1.807, 2.05) is 25.1 Å². The van der Waals surface area contributed by atoms with Crippen molar-refractivity contribution in [2.75, 3.05) is 37.0 Å². The predicted molar refractivity (Wildman–Crippen MR) is 70.4 cm³/mol. The van der Waals surface area contributed by atoms with Gasteiger partial charge in [-0.2, -0.15) is 0 Å². The predicted octanol–water partition coefficient (Wildman–Crippen LogP) is 0.860. The van der Waals surface area contributed by atoms with Gasteiger partial charge in [0.05, 0.1) is 0 Å². The van der Waals surface area contributed by atoms with Crippen LogP contribution >= 0.6 is 0 Å². The van der Waals surface area contributed by atoms with E-state index in [0.717, 1.165) is 24.6 Å². The van der Waals surface area contributed by atoms with Crippen LogP contribution in [0.4, 0.5) is 11.6 Å². The molecule has 1 aliphatic rings. The van der Waals surface area contributed by atoms with Crippen molar-refractivity contribution in [2.45, 2.75) is 25.3 Å². The molecule has 1 aromatic rings. The first-order valence-electron chi connectivity index (χ1n) is 6.18. The van der Waals surface area contributed by atoms with Gasteiger partial charge in [0.15, 0.2) is 0 Å². The quantitative estimate of drug-likeness (QED) is 0.842. The van der Waals surface area contributed by atoms with Gasteiger partial charge in [-0.25, -0.2) is 9.97 Å². The van der Waals surface area contributed by atoms with Gasteiger partial charge in [0.25, 0.3) is 0 Å². The Labute approximate surface area is 103 Å². The summed E-state index contributed by atoms with van der Waals surface area (Å²) in [5.41, 5.74) is 5.83. The molecular formula is C12H21N5. The standard InChI is InChI=1S/C12H21N5/c1-16(2)11-7-12(15-9-14-11)17-6-4-3-5-10(17)8-13/h7,9-10H,3-6,8,13H2,1-2H3/t10-/m1/s1. The Morgan fingerprint density at radius 3 is 2.94 bits per heavy atom. The van der Waals surface area contributed by atoms with Crippen molar-refractivity contribution in [3.63, 3.8) is 0 Å². The molecule has 1 fully saturated rings. The highest BCUT2D eigenvalue weighted by molar-refractivity contribution is 5.50. The van der Waals surface area contributed by atoms with Gasteiger partial charge in [-0.1, -0.05) is 0 Å². The molecule has 0 saturated carbocycles. The van der Waals surface area contributed by atoms with Crippen molar-refractivity contribution in [3.8, 4) is 0 Å². The molecule has 94 valence electrons. The van der Waals surface area contributed by atoms with Crippen LogP contribution in [-0.4, -0.2) is 43.2 Å². The highest BCUT2D eigenvalue weighted by atomic mass is 15.2. The van der Waals surface area contributed by atoms with E-state index in [1.54, 1.807) is 6.33 Å². The number of nitrogens with two attached hydrogens (primary N) is 1. The van der Waals surface area contributed by atoms with Crippen molar-refractivity contribution in [1.82, 2.24) is 9.97 Å². The molecular weight excluding hydrogens is 214 g/mol. The van der Waals surface area contributed by atoms with Gasteiger partial charge in [0.1, 0.15) is 18.0 Å². The van der Waals surface area contributed by atoms with Crippen molar-refractivity contribution in [3.05, 3.63) is 12.4 Å². The second-order valence-corrected chi connectivity index (χ2v) is 4.71. The van der Waals surface area contributed by atoms with Gasteiger partial charge in [0.2, 0.25) is 0 Å². The Morgan fingerprint density at radius 1 is 1.41 bits per heavy atom. The van der Waals surface area contributed by atoms with Crippen LogP contribution in [0.5, 0.6) is 0 Å². The van der Waals surface area contributed by atoms with Crippen LogP contribution in [0.3, 0.4) is 0 Å². The molecule has 2 rings (SSSR count). The second-order valence-electron chi connectivity index (χ2n) is 4.71. The normalized spacial score (nSPS) is 20.4. The lowest BCUT2D eigenvalue weighted by Gasteiger charge is -2.36. The fraction of sp³-hybridized carbons (Fsp3) is 0.667. The molecule has 0 unspecified atom stereocenters. The van der Waals surface area contributed by atoms with E-state index in [2.05, 4.69) is 14.9 Å². The highest BCUT2D eigenvalue weighted by Gasteiger charge is 2.22. The van der Waals surface area contributed by atoms with Crippen molar-refractivity contribution in [1.29, 1.82) is 0 Å². The van der Waals surface area contributed by atoms with Gasteiger partial charge in [-0.3, -0.25) is 0 Å². The summed E-state index contributed by atoms with van der Waals surface area (Å²) >= 11 is 0. The average molecular weight is 235 g/mol. The summed E-state index contributed by atoms with van der Waals surface area (Å²) in [4.78, 5) is 12.9. The van der Waals surface area contributed by atoms with Crippen LogP contribution in [0.25, 0.3) is 0 Å². The van der Waals surface area contributed by atoms with Gasteiger partial charge in [-0.05, 0) is 19.3 Å². The van der Waals surface area contributed by atoms with E-state index in [-0.39, 0.29) is 0 Å². The summed E-state index contributed by atoms with van der Waals surface area (Å²) in [6.45, 7) is 1.74. The SMILES string of the molecule is CN(C)c1cc(N2CCCC[C@@H]2CN)ncn1. The summed E-state index contributed by atoms with van der Waals surface area (Å²) < 4.78 is 0. The minimum absolute atomic E-state index is 0.425. The topological polar surface area (TPSA) is 58.3 Å². The molecule has 2 heterocycles. The van der Waals surface area contributed by atoms with Gasteiger partial charge >= 0.3 is 0 Å². The zero-order valence-corrected chi connectivity index (χ0v) is 10.6. The van der Waals surface area contributed by atoms with Crippen molar-refractivity contribution >= 4 is 11.6 Å². The number of anilines is 2. The molecule has 0 radical (unpaired) electrons. The number of aromatic nitrogens is 2. The van der Waals surface area contributed by atoms with Gasteiger partial charge < -0.3 is 15.5 Å². The lowest BCUT2D eigenvalue weighted by Crippen LogP contribution is -2.44. The first-order valence-corrected chi connectivity index (χ1v) is 6.18. The lowest BCUT2D eigenvalue weighted by atomic mass is 10.0. The van der Waals surface area contributed by atoms with E-state index in [9.17, 15) is 0 Å². The minimum Gasteiger partial charge on any atom is -0.363 e. The fourth-order valence-corrected chi connectivity index (χ4v) is 2.29. The zero-order valence-electron chi connectivity index (χ0n) is 10.6. The Hall–Kier alpha value is -1.36. The number of hydrogen-bond donors (Lipinski definition) is 1. The average Bonchev–Trinajstić information content (AvgIpc) is 2.39. The maximum absolute atomic E-state index is 5.83. The Morgan fingerprint density at radius 2 is 2.24 bits per heavy atom. The molecule has 0 aliphatic carbocycles. The minimum atomic E-state index is 0.425. The first kappa shape index (κ1) is 12.1. The van der Waals surface area contributed by atoms with E-state index in [1.165, 1.54) is 12.8 Å². The molecule has 5 heteroatoms. The van der Waals surface area contributed by atoms with Crippen molar-refractivity contribution < 1.29 is 0 Å². The monoisotopic (exact) mass is 235 g/mol. The van der Waals surface area contributed by atoms with Crippen LogP contribution in [0.1, 0.15) is 19.3 Å². The summed E-state index contributed by atoms with van der Waals surface area (Å²) in [6, 6.07) is 2.46. The molecule has 1 atom stereocenters. The molecule has 1 aromatic heterocycles.